The zero-order chi connectivity index (χ0) is 17.2. The summed E-state index contributed by atoms with van der Waals surface area (Å²) in [6.45, 7) is 5.46. The summed E-state index contributed by atoms with van der Waals surface area (Å²) in [6.07, 6.45) is 5.57. The standard InChI is InChI=1S/C19H30N4S2/c1-22-6-8-23(9-7-22)17(18-3-2-10-25-18)13-20-19(24)21-16-12-14-4-5-15(16)11-14/h2-3,10,14-17H,4-9,11-13H2,1H3,(H2,20,21,24). The number of hydrogen-bond donors (Lipinski definition) is 2. The van der Waals surface area contributed by atoms with Gasteiger partial charge in [-0.25, -0.2) is 0 Å². The van der Waals surface area contributed by atoms with Crippen molar-refractivity contribution in [3.05, 3.63) is 22.4 Å². The van der Waals surface area contributed by atoms with Gasteiger partial charge in [-0.15, -0.1) is 11.3 Å². The third-order valence-electron chi connectivity index (χ3n) is 6.36. The molecule has 3 fully saturated rings. The monoisotopic (exact) mass is 378 g/mol. The fourth-order valence-corrected chi connectivity index (χ4v) is 5.95. The van der Waals surface area contributed by atoms with E-state index >= 15 is 0 Å². The molecule has 0 spiro atoms. The van der Waals surface area contributed by atoms with Crippen LogP contribution >= 0.6 is 23.6 Å². The van der Waals surface area contributed by atoms with Gasteiger partial charge in [0.2, 0.25) is 0 Å². The molecular formula is C19H30N4S2. The summed E-state index contributed by atoms with van der Waals surface area (Å²) in [5.41, 5.74) is 0. The van der Waals surface area contributed by atoms with E-state index in [0.717, 1.165) is 49.7 Å². The van der Waals surface area contributed by atoms with Gasteiger partial charge in [0.1, 0.15) is 0 Å². The number of nitrogens with zero attached hydrogens (tertiary/aromatic N) is 2. The van der Waals surface area contributed by atoms with Crippen LogP contribution in [0.2, 0.25) is 0 Å². The summed E-state index contributed by atoms with van der Waals surface area (Å²) in [6, 6.07) is 5.47. The van der Waals surface area contributed by atoms with Gasteiger partial charge in [-0.05, 0) is 61.8 Å². The van der Waals surface area contributed by atoms with Crippen molar-refractivity contribution in [2.75, 3.05) is 39.8 Å². The van der Waals surface area contributed by atoms with Gasteiger partial charge in [0.05, 0.1) is 6.04 Å². The van der Waals surface area contributed by atoms with E-state index in [1.165, 1.54) is 30.6 Å². The number of nitrogens with one attached hydrogen (secondary N) is 2. The molecule has 2 bridgehead atoms. The second-order valence-electron chi connectivity index (χ2n) is 8.01. The van der Waals surface area contributed by atoms with Crippen molar-refractivity contribution in [3.63, 3.8) is 0 Å². The largest absolute Gasteiger partial charge is 0.361 e. The van der Waals surface area contributed by atoms with E-state index in [1.54, 1.807) is 0 Å². The molecule has 1 aliphatic heterocycles. The molecule has 6 heteroatoms. The highest BCUT2D eigenvalue weighted by Crippen LogP contribution is 2.44. The lowest BCUT2D eigenvalue weighted by atomic mass is 9.96. The average Bonchev–Trinajstić information content (AvgIpc) is 3.34. The molecule has 0 radical (unpaired) electrons. The van der Waals surface area contributed by atoms with Crippen LogP contribution in [0.1, 0.15) is 36.6 Å². The molecule has 2 N–H and O–H groups in total. The zero-order valence-electron chi connectivity index (χ0n) is 15.1. The highest BCUT2D eigenvalue weighted by molar-refractivity contribution is 7.80. The molecule has 138 valence electrons. The number of rotatable bonds is 5. The molecule has 4 atom stereocenters. The molecule has 3 aliphatic rings. The summed E-state index contributed by atoms with van der Waals surface area (Å²) < 4.78 is 0. The molecule has 1 aromatic rings. The second-order valence-corrected chi connectivity index (χ2v) is 9.39. The minimum absolute atomic E-state index is 0.425. The maximum Gasteiger partial charge on any atom is 0.166 e. The van der Waals surface area contributed by atoms with E-state index in [2.05, 4.69) is 45.0 Å². The average molecular weight is 379 g/mol. The van der Waals surface area contributed by atoms with Crippen LogP contribution in [0.25, 0.3) is 0 Å². The lowest BCUT2D eigenvalue weighted by molar-refractivity contribution is 0.114. The topological polar surface area (TPSA) is 30.5 Å². The van der Waals surface area contributed by atoms with Gasteiger partial charge in [0.25, 0.3) is 0 Å². The molecule has 2 saturated carbocycles. The highest BCUT2D eigenvalue weighted by Gasteiger charge is 2.39. The predicted molar refractivity (Wildman–Crippen MR) is 109 cm³/mol. The first-order valence-electron chi connectivity index (χ1n) is 9.69. The van der Waals surface area contributed by atoms with Crippen molar-refractivity contribution in [1.29, 1.82) is 0 Å². The number of piperazine rings is 1. The van der Waals surface area contributed by atoms with Crippen molar-refractivity contribution in [1.82, 2.24) is 20.4 Å². The molecule has 2 heterocycles. The smallest absolute Gasteiger partial charge is 0.166 e. The quantitative estimate of drug-likeness (QED) is 0.770. The predicted octanol–water partition coefficient (Wildman–Crippen LogP) is 2.69. The molecule has 0 aromatic carbocycles. The van der Waals surface area contributed by atoms with Gasteiger partial charge in [-0.1, -0.05) is 12.5 Å². The van der Waals surface area contributed by atoms with Gasteiger partial charge in [-0.3, -0.25) is 4.90 Å². The Kier molecular flexibility index (Phi) is 5.60. The van der Waals surface area contributed by atoms with Crippen LogP contribution in [-0.4, -0.2) is 60.7 Å². The molecule has 0 amide bonds. The molecule has 1 aromatic heterocycles. The van der Waals surface area contributed by atoms with Crippen molar-refractivity contribution >= 4 is 28.7 Å². The first kappa shape index (κ1) is 17.7. The van der Waals surface area contributed by atoms with Crippen LogP contribution in [0.5, 0.6) is 0 Å². The Balaban J connectivity index is 1.32. The van der Waals surface area contributed by atoms with Gasteiger partial charge >= 0.3 is 0 Å². The molecular weight excluding hydrogens is 348 g/mol. The van der Waals surface area contributed by atoms with Gasteiger partial charge in [0.15, 0.2) is 5.11 Å². The maximum atomic E-state index is 5.63. The summed E-state index contributed by atoms with van der Waals surface area (Å²) >= 11 is 7.49. The number of thiophene rings is 1. The first-order valence-corrected chi connectivity index (χ1v) is 11.0. The summed E-state index contributed by atoms with van der Waals surface area (Å²) in [4.78, 5) is 6.47. The van der Waals surface area contributed by atoms with Gasteiger partial charge in [-0.2, -0.15) is 0 Å². The molecule has 2 aliphatic carbocycles. The molecule has 4 rings (SSSR count). The fraction of sp³-hybridized carbons (Fsp3) is 0.737. The summed E-state index contributed by atoms with van der Waals surface area (Å²) in [7, 11) is 2.21. The third-order valence-corrected chi connectivity index (χ3v) is 7.60. The van der Waals surface area contributed by atoms with E-state index in [1.807, 2.05) is 11.3 Å². The van der Waals surface area contributed by atoms with Crippen LogP contribution in [0.15, 0.2) is 17.5 Å². The van der Waals surface area contributed by atoms with E-state index in [-0.39, 0.29) is 0 Å². The van der Waals surface area contributed by atoms with Gasteiger partial charge < -0.3 is 15.5 Å². The van der Waals surface area contributed by atoms with Crippen LogP contribution in [0.3, 0.4) is 0 Å². The van der Waals surface area contributed by atoms with Crippen molar-refractivity contribution in [2.24, 2.45) is 11.8 Å². The minimum atomic E-state index is 0.425. The molecule has 4 unspecified atom stereocenters. The van der Waals surface area contributed by atoms with Crippen LogP contribution in [0.4, 0.5) is 0 Å². The Hall–Kier alpha value is -0.690. The molecule has 4 nitrogen and oxygen atoms in total. The Morgan fingerprint density at radius 1 is 1.28 bits per heavy atom. The lowest BCUT2D eigenvalue weighted by Crippen LogP contribution is -2.50. The van der Waals surface area contributed by atoms with E-state index in [9.17, 15) is 0 Å². The Morgan fingerprint density at radius 3 is 2.76 bits per heavy atom. The van der Waals surface area contributed by atoms with Gasteiger partial charge in [0, 0.05) is 43.6 Å². The van der Waals surface area contributed by atoms with Crippen molar-refractivity contribution in [3.8, 4) is 0 Å². The van der Waals surface area contributed by atoms with Crippen LogP contribution < -0.4 is 10.6 Å². The van der Waals surface area contributed by atoms with E-state index in [4.69, 9.17) is 12.2 Å². The van der Waals surface area contributed by atoms with Crippen molar-refractivity contribution < 1.29 is 0 Å². The lowest BCUT2D eigenvalue weighted by Gasteiger charge is -2.38. The number of hydrogen-bond acceptors (Lipinski definition) is 4. The first-order chi connectivity index (χ1) is 12.2. The SMILES string of the molecule is CN1CCN(C(CNC(=S)NC2CC3CCC2C3)c2cccs2)CC1. The summed E-state index contributed by atoms with van der Waals surface area (Å²) in [5.74, 6) is 1.81. The molecule has 1 saturated heterocycles. The van der Waals surface area contributed by atoms with E-state index in [0.29, 0.717) is 12.1 Å². The Labute approximate surface area is 161 Å². The third kappa shape index (κ3) is 4.18. The molecule has 25 heavy (non-hydrogen) atoms. The van der Waals surface area contributed by atoms with Crippen molar-refractivity contribution in [2.45, 2.75) is 37.8 Å². The Bertz CT molecular complexity index is 568. The van der Waals surface area contributed by atoms with Crippen LogP contribution in [-0.2, 0) is 0 Å². The van der Waals surface area contributed by atoms with E-state index < -0.39 is 0 Å². The number of fused-ring (bicyclic) bond motifs is 2. The number of thiocarbonyl (C=S) groups is 1. The zero-order valence-corrected chi connectivity index (χ0v) is 16.7. The summed E-state index contributed by atoms with van der Waals surface area (Å²) in [5, 5.41) is 10.2. The number of likely N-dealkylation sites (N-methyl/N-ethyl adjacent to an activating group) is 1. The second kappa shape index (κ2) is 7.91. The van der Waals surface area contributed by atoms with Crippen LogP contribution in [0, 0.1) is 11.8 Å². The highest BCUT2D eigenvalue weighted by atomic mass is 32.1. The Morgan fingerprint density at radius 2 is 2.12 bits per heavy atom. The normalized spacial score (nSPS) is 31.2. The minimum Gasteiger partial charge on any atom is -0.361 e. The fourth-order valence-electron chi connectivity index (χ4n) is 4.85. The maximum absolute atomic E-state index is 5.63.